The van der Waals surface area contributed by atoms with E-state index in [2.05, 4.69) is 26.8 Å². The van der Waals surface area contributed by atoms with Gasteiger partial charge in [-0.2, -0.15) is 0 Å². The summed E-state index contributed by atoms with van der Waals surface area (Å²) in [7, 11) is 1.71. The van der Waals surface area contributed by atoms with E-state index in [0.29, 0.717) is 12.5 Å². The summed E-state index contributed by atoms with van der Waals surface area (Å²) >= 11 is 0. The Hall–Kier alpha value is -1.75. The van der Waals surface area contributed by atoms with Gasteiger partial charge in [0.25, 0.3) is 0 Å². The summed E-state index contributed by atoms with van der Waals surface area (Å²) < 4.78 is 5.34. The highest BCUT2D eigenvalue weighted by molar-refractivity contribution is 5.78. The smallest absolute Gasteiger partial charge is 0.236 e. The monoisotopic (exact) mass is 371 g/mol. The fourth-order valence-electron chi connectivity index (χ4n) is 5.09. The van der Waals surface area contributed by atoms with E-state index in [4.69, 9.17) is 4.74 Å². The van der Waals surface area contributed by atoms with Crippen LogP contribution in [0.5, 0.6) is 5.75 Å². The van der Waals surface area contributed by atoms with Gasteiger partial charge < -0.3 is 14.5 Å². The number of hydrogen-bond donors (Lipinski definition) is 0. The number of likely N-dealkylation sites (tertiary alicyclic amines) is 1. The summed E-state index contributed by atoms with van der Waals surface area (Å²) in [5.41, 5.74) is 1.21. The van der Waals surface area contributed by atoms with E-state index < -0.39 is 0 Å². The summed E-state index contributed by atoms with van der Waals surface area (Å²) in [4.78, 5) is 19.7. The molecule has 3 aliphatic rings. The molecule has 1 saturated carbocycles. The molecule has 5 heteroatoms. The van der Waals surface area contributed by atoms with Crippen LogP contribution in [-0.2, 0) is 4.79 Å². The molecule has 1 aliphatic carbocycles. The number of piperazine rings is 1. The van der Waals surface area contributed by atoms with Crippen LogP contribution in [0.2, 0.25) is 0 Å². The Morgan fingerprint density at radius 1 is 1.04 bits per heavy atom. The SMILES string of the molecule is COc1cccc(N2CCN(CC(=O)N3CC[C@@H]4CCCC[C@H]4C3)CC2)c1. The molecular weight excluding hydrogens is 338 g/mol. The van der Waals surface area contributed by atoms with Crippen molar-refractivity contribution in [1.29, 1.82) is 0 Å². The molecule has 0 spiro atoms. The van der Waals surface area contributed by atoms with Gasteiger partial charge in [0.1, 0.15) is 5.75 Å². The Balaban J connectivity index is 1.26. The van der Waals surface area contributed by atoms with Crippen LogP contribution in [0.25, 0.3) is 0 Å². The van der Waals surface area contributed by atoms with Crippen molar-refractivity contribution in [3.8, 4) is 5.75 Å². The lowest BCUT2D eigenvalue weighted by molar-refractivity contribution is -0.135. The molecule has 3 fully saturated rings. The van der Waals surface area contributed by atoms with E-state index in [-0.39, 0.29) is 0 Å². The number of nitrogens with zero attached hydrogens (tertiary/aromatic N) is 3. The van der Waals surface area contributed by atoms with Crippen molar-refractivity contribution in [2.45, 2.75) is 32.1 Å². The first-order chi connectivity index (χ1) is 13.2. The Labute approximate surface area is 163 Å². The van der Waals surface area contributed by atoms with Gasteiger partial charge in [-0.05, 0) is 36.8 Å². The molecule has 4 rings (SSSR count). The third-order valence-corrected chi connectivity index (χ3v) is 6.79. The zero-order chi connectivity index (χ0) is 18.6. The number of benzene rings is 1. The first-order valence-corrected chi connectivity index (χ1v) is 10.6. The van der Waals surface area contributed by atoms with E-state index in [1.165, 1.54) is 37.8 Å². The van der Waals surface area contributed by atoms with Crippen molar-refractivity contribution in [2.24, 2.45) is 11.8 Å². The number of carbonyl (C=O) groups excluding carboxylic acids is 1. The Bertz CT molecular complexity index is 642. The van der Waals surface area contributed by atoms with Crippen LogP contribution >= 0.6 is 0 Å². The lowest BCUT2D eigenvalue weighted by Crippen LogP contribution is -2.52. The van der Waals surface area contributed by atoms with Gasteiger partial charge in [-0.3, -0.25) is 9.69 Å². The third kappa shape index (κ3) is 4.40. The van der Waals surface area contributed by atoms with Crippen LogP contribution in [-0.4, -0.2) is 68.6 Å². The van der Waals surface area contributed by atoms with Gasteiger partial charge in [0.2, 0.25) is 5.91 Å². The predicted molar refractivity (Wildman–Crippen MR) is 108 cm³/mol. The number of ether oxygens (including phenoxy) is 1. The van der Waals surface area contributed by atoms with Gasteiger partial charge in [-0.15, -0.1) is 0 Å². The zero-order valence-corrected chi connectivity index (χ0v) is 16.6. The Kier molecular flexibility index (Phi) is 5.86. The molecule has 0 radical (unpaired) electrons. The van der Waals surface area contributed by atoms with Crippen molar-refractivity contribution >= 4 is 11.6 Å². The second-order valence-corrected chi connectivity index (χ2v) is 8.40. The van der Waals surface area contributed by atoms with Crippen molar-refractivity contribution in [1.82, 2.24) is 9.80 Å². The predicted octanol–water partition coefficient (Wildman–Crippen LogP) is 2.86. The number of methoxy groups -OCH3 is 1. The largest absolute Gasteiger partial charge is 0.497 e. The summed E-state index contributed by atoms with van der Waals surface area (Å²) in [6, 6.07) is 8.25. The van der Waals surface area contributed by atoms with Gasteiger partial charge in [0.15, 0.2) is 0 Å². The number of anilines is 1. The number of piperidine rings is 1. The molecule has 0 bridgehead atoms. The van der Waals surface area contributed by atoms with Gasteiger partial charge in [-0.25, -0.2) is 0 Å². The van der Waals surface area contributed by atoms with Crippen molar-refractivity contribution in [3.05, 3.63) is 24.3 Å². The average molecular weight is 372 g/mol. The van der Waals surface area contributed by atoms with Crippen LogP contribution < -0.4 is 9.64 Å². The fraction of sp³-hybridized carbons (Fsp3) is 0.682. The second kappa shape index (κ2) is 8.51. The van der Waals surface area contributed by atoms with Crippen molar-refractivity contribution in [3.63, 3.8) is 0 Å². The maximum Gasteiger partial charge on any atom is 0.236 e. The zero-order valence-electron chi connectivity index (χ0n) is 16.6. The molecule has 27 heavy (non-hydrogen) atoms. The van der Waals surface area contributed by atoms with Crippen LogP contribution in [0.15, 0.2) is 24.3 Å². The third-order valence-electron chi connectivity index (χ3n) is 6.79. The minimum Gasteiger partial charge on any atom is -0.497 e. The molecule has 0 aromatic heterocycles. The normalized spacial score (nSPS) is 26.6. The van der Waals surface area contributed by atoms with Crippen molar-refractivity contribution in [2.75, 3.05) is 57.8 Å². The van der Waals surface area contributed by atoms with Crippen LogP contribution in [0, 0.1) is 11.8 Å². The minimum absolute atomic E-state index is 0.342. The van der Waals surface area contributed by atoms with E-state index >= 15 is 0 Å². The van der Waals surface area contributed by atoms with E-state index in [9.17, 15) is 4.79 Å². The summed E-state index contributed by atoms with van der Waals surface area (Å²) in [5, 5.41) is 0. The summed E-state index contributed by atoms with van der Waals surface area (Å²) in [5.74, 6) is 2.89. The number of fused-ring (bicyclic) bond motifs is 1. The molecule has 2 aliphatic heterocycles. The molecule has 1 amide bonds. The highest BCUT2D eigenvalue weighted by Gasteiger charge is 2.33. The first kappa shape index (κ1) is 18.6. The van der Waals surface area contributed by atoms with Gasteiger partial charge in [-0.1, -0.05) is 25.3 Å². The lowest BCUT2D eigenvalue weighted by atomic mass is 9.75. The van der Waals surface area contributed by atoms with Gasteiger partial charge in [0.05, 0.1) is 13.7 Å². The minimum atomic E-state index is 0.342. The van der Waals surface area contributed by atoms with Crippen molar-refractivity contribution < 1.29 is 9.53 Å². The van der Waals surface area contributed by atoms with Crippen LogP contribution in [0.3, 0.4) is 0 Å². The molecule has 0 N–H and O–H groups in total. The highest BCUT2D eigenvalue weighted by atomic mass is 16.5. The maximum absolute atomic E-state index is 12.8. The van der Waals surface area contributed by atoms with E-state index in [1.54, 1.807) is 7.11 Å². The summed E-state index contributed by atoms with van der Waals surface area (Å²) in [6.45, 7) is 6.39. The molecular formula is C22H33N3O2. The molecule has 1 aromatic rings. The molecule has 5 nitrogen and oxygen atoms in total. The number of rotatable bonds is 4. The standard InChI is InChI=1S/C22H33N3O2/c1-27-21-8-4-7-20(15-21)24-13-11-23(12-14-24)17-22(26)25-10-9-18-5-2-3-6-19(18)16-25/h4,7-8,15,18-19H,2-3,5-6,9-14,16-17H2,1H3/t18-,19-/m0/s1. The molecule has 2 atom stereocenters. The molecule has 2 saturated heterocycles. The quantitative estimate of drug-likeness (QED) is 0.815. The number of hydrogen-bond acceptors (Lipinski definition) is 4. The molecule has 1 aromatic carbocycles. The highest BCUT2D eigenvalue weighted by Crippen LogP contribution is 2.36. The Morgan fingerprint density at radius 3 is 2.59 bits per heavy atom. The maximum atomic E-state index is 12.8. The van der Waals surface area contributed by atoms with E-state index in [0.717, 1.165) is 56.9 Å². The molecule has 148 valence electrons. The summed E-state index contributed by atoms with van der Waals surface area (Å²) in [6.07, 6.45) is 6.69. The van der Waals surface area contributed by atoms with Crippen LogP contribution in [0.4, 0.5) is 5.69 Å². The second-order valence-electron chi connectivity index (χ2n) is 8.40. The number of carbonyl (C=O) groups is 1. The molecule has 2 heterocycles. The Morgan fingerprint density at radius 2 is 1.81 bits per heavy atom. The van der Waals surface area contributed by atoms with Crippen LogP contribution in [0.1, 0.15) is 32.1 Å². The average Bonchev–Trinajstić information content (AvgIpc) is 2.74. The van der Waals surface area contributed by atoms with Gasteiger partial charge >= 0.3 is 0 Å². The molecule has 0 unspecified atom stereocenters. The lowest BCUT2D eigenvalue weighted by Gasteiger charge is -2.42. The van der Waals surface area contributed by atoms with Gasteiger partial charge in [0, 0.05) is 51.0 Å². The topological polar surface area (TPSA) is 36.0 Å². The fourth-order valence-corrected chi connectivity index (χ4v) is 5.09. The number of amides is 1. The first-order valence-electron chi connectivity index (χ1n) is 10.6. The van der Waals surface area contributed by atoms with E-state index in [1.807, 2.05) is 12.1 Å².